The molecule has 0 bridgehead atoms. The van der Waals surface area contributed by atoms with E-state index in [2.05, 4.69) is 12.2 Å². The van der Waals surface area contributed by atoms with E-state index in [4.69, 9.17) is 14.0 Å². The molecule has 2 aliphatic rings. The maximum absolute atomic E-state index is 12.2. The van der Waals surface area contributed by atoms with Crippen LogP contribution in [0.3, 0.4) is 0 Å². The minimum atomic E-state index is -1.80. The molecule has 0 aromatic carbocycles. The normalized spacial score (nSPS) is 36.9. The molecule has 2 saturated heterocycles. The van der Waals surface area contributed by atoms with E-state index in [9.17, 15) is 4.57 Å². The molecule has 7 heteroatoms. The quantitative estimate of drug-likeness (QED) is 0.778. The number of hydrogen-bond donors (Lipinski definition) is 1. The lowest BCUT2D eigenvalue weighted by Gasteiger charge is -2.30. The average molecular weight is 305 g/mol. The summed E-state index contributed by atoms with van der Waals surface area (Å²) in [5, 5.41) is 3.28. The summed E-state index contributed by atoms with van der Waals surface area (Å²) in [6, 6.07) is 0. The molecule has 20 heavy (non-hydrogen) atoms. The first-order chi connectivity index (χ1) is 9.58. The van der Waals surface area contributed by atoms with Crippen molar-refractivity contribution in [2.24, 2.45) is 0 Å². The van der Waals surface area contributed by atoms with Gasteiger partial charge in [0.2, 0.25) is 0 Å². The van der Waals surface area contributed by atoms with Gasteiger partial charge in [0.1, 0.15) is 6.61 Å². The highest BCUT2D eigenvalue weighted by atomic mass is 31.1. The van der Waals surface area contributed by atoms with E-state index in [-0.39, 0.29) is 24.4 Å². The number of morpholine rings is 2. The lowest BCUT2D eigenvalue weighted by atomic mass is 10.2. The Labute approximate surface area is 122 Å². The monoisotopic (exact) mass is 305 g/mol. The summed E-state index contributed by atoms with van der Waals surface area (Å²) < 4.78 is 31.2. The fourth-order valence-corrected chi connectivity index (χ4v) is 3.71. The fraction of sp³-hybridized carbons (Fsp3) is 1.00. The Kier molecular flexibility index (Phi) is 6.33. The first-order valence-electron chi connectivity index (χ1n) is 7.45. The topological polar surface area (TPSA) is 60.0 Å². The molecule has 2 fully saturated rings. The van der Waals surface area contributed by atoms with Crippen molar-refractivity contribution in [2.75, 3.05) is 32.8 Å². The highest BCUT2D eigenvalue weighted by molar-refractivity contribution is 7.36. The lowest BCUT2D eigenvalue weighted by Crippen LogP contribution is -2.46. The summed E-state index contributed by atoms with van der Waals surface area (Å²) in [7, 11) is -1.80. The molecule has 0 aromatic heterocycles. The second-order valence-electron chi connectivity index (χ2n) is 5.61. The molecule has 2 heterocycles. The molecule has 2 rings (SSSR count). The van der Waals surface area contributed by atoms with Crippen molar-refractivity contribution < 1.29 is 18.6 Å². The van der Waals surface area contributed by atoms with Gasteiger partial charge in [-0.15, -0.1) is 4.52 Å². The zero-order chi connectivity index (χ0) is 14.5. The SMILES string of the molecule is CCC1CN([P+](=O)OCC2CNCC(C)O2)CC(C)O1. The number of hydrogen-bond acceptors (Lipinski definition) is 5. The smallest absolute Gasteiger partial charge is 0.372 e. The highest BCUT2D eigenvalue weighted by Crippen LogP contribution is 2.32. The number of nitrogens with zero attached hydrogens (tertiary/aromatic N) is 1. The van der Waals surface area contributed by atoms with Crippen LogP contribution in [-0.2, 0) is 18.6 Å². The molecule has 0 spiro atoms. The molecule has 0 saturated carbocycles. The van der Waals surface area contributed by atoms with E-state index in [0.29, 0.717) is 19.7 Å². The first-order valence-corrected chi connectivity index (χ1v) is 8.58. The van der Waals surface area contributed by atoms with Gasteiger partial charge in [0.15, 0.2) is 0 Å². The third-order valence-corrected chi connectivity index (χ3v) is 4.75. The Hall–Kier alpha value is -0.100. The van der Waals surface area contributed by atoms with Gasteiger partial charge in [-0.3, -0.25) is 0 Å². The summed E-state index contributed by atoms with van der Waals surface area (Å²) in [5.41, 5.74) is 0. The average Bonchev–Trinajstić information content (AvgIpc) is 2.44. The molecule has 0 aromatic rings. The molecule has 0 amide bonds. The Morgan fingerprint density at radius 3 is 2.65 bits per heavy atom. The Morgan fingerprint density at radius 2 is 1.95 bits per heavy atom. The van der Waals surface area contributed by atoms with Crippen LogP contribution in [0.4, 0.5) is 0 Å². The molecule has 5 unspecified atom stereocenters. The predicted molar refractivity (Wildman–Crippen MR) is 77.0 cm³/mol. The molecular formula is C13H26N2O4P+. The maximum atomic E-state index is 12.2. The Balaban J connectivity index is 1.76. The van der Waals surface area contributed by atoms with Gasteiger partial charge in [0, 0.05) is 13.1 Å². The van der Waals surface area contributed by atoms with Crippen LogP contribution < -0.4 is 5.32 Å². The van der Waals surface area contributed by atoms with Crippen molar-refractivity contribution in [2.45, 2.75) is 51.6 Å². The summed E-state index contributed by atoms with van der Waals surface area (Å²) in [6.45, 7) is 9.43. The van der Waals surface area contributed by atoms with Gasteiger partial charge in [0.05, 0.1) is 37.5 Å². The first kappa shape index (κ1) is 16.3. The van der Waals surface area contributed by atoms with E-state index < -0.39 is 8.18 Å². The summed E-state index contributed by atoms with van der Waals surface area (Å²) >= 11 is 0. The predicted octanol–water partition coefficient (Wildman–Crippen LogP) is 1.54. The standard InChI is InChI=1S/C13H26N2O4P/c1-4-12-8-15(7-11(3)19-12)20(16)17-9-13-6-14-5-10(2)18-13/h10-14H,4-9H2,1-3H3/q+1. The van der Waals surface area contributed by atoms with Crippen LogP contribution in [0, 0.1) is 0 Å². The van der Waals surface area contributed by atoms with Gasteiger partial charge < -0.3 is 14.8 Å². The van der Waals surface area contributed by atoms with Crippen molar-refractivity contribution in [3.63, 3.8) is 0 Å². The van der Waals surface area contributed by atoms with Gasteiger partial charge in [-0.25, -0.2) is 0 Å². The summed E-state index contributed by atoms with van der Waals surface area (Å²) in [6.07, 6.45) is 1.34. The minimum absolute atomic E-state index is 0.0156. The second kappa shape index (κ2) is 7.78. The molecule has 0 aliphatic carbocycles. The van der Waals surface area contributed by atoms with Crippen LogP contribution in [0.15, 0.2) is 0 Å². The third-order valence-electron chi connectivity index (χ3n) is 3.59. The van der Waals surface area contributed by atoms with E-state index in [1.165, 1.54) is 0 Å². The van der Waals surface area contributed by atoms with Crippen LogP contribution in [0.2, 0.25) is 0 Å². The molecule has 6 nitrogen and oxygen atoms in total. The molecule has 1 N–H and O–H groups in total. The van der Waals surface area contributed by atoms with Gasteiger partial charge in [-0.1, -0.05) is 11.6 Å². The van der Waals surface area contributed by atoms with Crippen molar-refractivity contribution in [3.05, 3.63) is 0 Å². The molecule has 5 atom stereocenters. The van der Waals surface area contributed by atoms with E-state index in [0.717, 1.165) is 19.5 Å². The van der Waals surface area contributed by atoms with Gasteiger partial charge in [-0.05, 0) is 24.8 Å². The van der Waals surface area contributed by atoms with E-state index in [1.54, 1.807) is 0 Å². The Morgan fingerprint density at radius 1 is 1.20 bits per heavy atom. The highest BCUT2D eigenvalue weighted by Gasteiger charge is 2.39. The summed E-state index contributed by atoms with van der Waals surface area (Å²) in [4.78, 5) is 0. The van der Waals surface area contributed by atoms with Crippen molar-refractivity contribution in [1.82, 2.24) is 9.99 Å². The maximum Gasteiger partial charge on any atom is 0.616 e. The van der Waals surface area contributed by atoms with Crippen molar-refractivity contribution >= 4 is 8.18 Å². The van der Waals surface area contributed by atoms with Crippen LogP contribution in [0.1, 0.15) is 27.2 Å². The zero-order valence-electron chi connectivity index (χ0n) is 12.6. The zero-order valence-corrected chi connectivity index (χ0v) is 13.5. The van der Waals surface area contributed by atoms with E-state index in [1.807, 2.05) is 18.5 Å². The molecule has 116 valence electrons. The molecular weight excluding hydrogens is 279 g/mol. The number of ether oxygens (including phenoxy) is 2. The summed E-state index contributed by atoms with van der Waals surface area (Å²) in [5.74, 6) is 0. The van der Waals surface area contributed by atoms with Gasteiger partial charge in [0.25, 0.3) is 0 Å². The molecule has 2 aliphatic heterocycles. The Bertz CT molecular complexity index is 331. The van der Waals surface area contributed by atoms with Gasteiger partial charge in [-0.2, -0.15) is 0 Å². The second-order valence-corrected chi connectivity index (χ2v) is 6.91. The van der Waals surface area contributed by atoms with Crippen molar-refractivity contribution in [3.8, 4) is 0 Å². The van der Waals surface area contributed by atoms with Crippen LogP contribution in [0.5, 0.6) is 0 Å². The number of nitrogens with one attached hydrogen (secondary N) is 1. The van der Waals surface area contributed by atoms with Crippen LogP contribution >= 0.6 is 8.18 Å². The van der Waals surface area contributed by atoms with E-state index >= 15 is 0 Å². The largest absolute Gasteiger partial charge is 0.616 e. The van der Waals surface area contributed by atoms with Gasteiger partial charge >= 0.3 is 8.18 Å². The molecule has 0 radical (unpaired) electrons. The van der Waals surface area contributed by atoms with Crippen LogP contribution in [0.25, 0.3) is 0 Å². The minimum Gasteiger partial charge on any atom is -0.372 e. The number of rotatable bonds is 5. The lowest BCUT2D eigenvalue weighted by molar-refractivity contribution is -0.0627. The fourth-order valence-electron chi connectivity index (χ4n) is 2.58. The third kappa shape index (κ3) is 4.72. The van der Waals surface area contributed by atoms with Crippen molar-refractivity contribution in [1.29, 1.82) is 0 Å². The van der Waals surface area contributed by atoms with Crippen LogP contribution in [-0.4, -0.2) is 61.9 Å².